The lowest BCUT2D eigenvalue weighted by atomic mass is 10.0. The van der Waals surface area contributed by atoms with Crippen LogP contribution in [0.25, 0.3) is 0 Å². The summed E-state index contributed by atoms with van der Waals surface area (Å²) in [6.45, 7) is 2.27. The summed E-state index contributed by atoms with van der Waals surface area (Å²) >= 11 is 2.19. The number of unbranched alkanes of at least 4 members (excludes halogenated alkanes) is 6. The molecule has 1 rings (SSSR count). The Morgan fingerprint density at radius 1 is 0.947 bits per heavy atom. The van der Waals surface area contributed by atoms with Crippen LogP contribution in [-0.2, 0) is 9.53 Å². The maximum absolute atomic E-state index is 10.9. The molecule has 3 heteroatoms. The van der Waals surface area contributed by atoms with Crippen LogP contribution in [0.1, 0.15) is 77.6 Å². The third-order valence-electron chi connectivity index (χ3n) is 3.88. The monoisotopic (exact) mass is 286 g/mol. The molecule has 2 nitrogen and oxygen atoms in total. The first-order chi connectivity index (χ1) is 9.27. The van der Waals surface area contributed by atoms with Crippen LogP contribution >= 0.6 is 11.8 Å². The van der Waals surface area contributed by atoms with E-state index in [1.54, 1.807) is 0 Å². The summed E-state index contributed by atoms with van der Waals surface area (Å²) in [7, 11) is 1.47. The molecule has 1 aliphatic rings. The summed E-state index contributed by atoms with van der Waals surface area (Å²) in [5.74, 6) is -0.0649. The molecule has 0 saturated carbocycles. The first-order valence-corrected chi connectivity index (χ1v) is 8.94. The predicted octanol–water partition coefficient (Wildman–Crippen LogP) is 4.95. The van der Waals surface area contributed by atoms with Crippen LogP contribution in [0.5, 0.6) is 0 Å². The molecule has 1 heterocycles. The normalized spacial score (nSPS) is 21.4. The zero-order valence-corrected chi connectivity index (χ0v) is 13.5. The molecule has 112 valence electrons. The number of ether oxygens (including phenoxy) is 1. The molecule has 2 atom stereocenters. The lowest BCUT2D eigenvalue weighted by molar-refractivity contribution is -0.140. The number of carbonyl (C=O) groups excluding carboxylic acids is 1. The molecule has 1 aliphatic heterocycles. The van der Waals surface area contributed by atoms with Gasteiger partial charge in [0.15, 0.2) is 0 Å². The molecule has 0 bridgehead atoms. The average molecular weight is 286 g/mol. The number of esters is 1. The number of hydrogen-bond acceptors (Lipinski definition) is 3. The number of methoxy groups -OCH3 is 1. The molecule has 0 N–H and O–H groups in total. The fourth-order valence-electron chi connectivity index (χ4n) is 2.53. The van der Waals surface area contributed by atoms with E-state index in [0.29, 0.717) is 6.42 Å². The van der Waals surface area contributed by atoms with Crippen LogP contribution in [-0.4, -0.2) is 23.6 Å². The van der Waals surface area contributed by atoms with Crippen molar-refractivity contribution in [3.05, 3.63) is 0 Å². The Morgan fingerprint density at radius 3 is 2.11 bits per heavy atom. The Hall–Kier alpha value is -0.180. The first-order valence-electron chi connectivity index (χ1n) is 8.00. The van der Waals surface area contributed by atoms with Crippen molar-refractivity contribution in [3.8, 4) is 0 Å². The second-order valence-corrected chi connectivity index (χ2v) is 7.07. The van der Waals surface area contributed by atoms with Gasteiger partial charge in [-0.25, -0.2) is 0 Å². The van der Waals surface area contributed by atoms with Crippen molar-refractivity contribution in [2.75, 3.05) is 7.11 Å². The van der Waals surface area contributed by atoms with Gasteiger partial charge in [-0.15, -0.1) is 0 Å². The lowest BCUT2D eigenvalue weighted by Crippen LogP contribution is -1.99. The molecule has 0 aromatic carbocycles. The topological polar surface area (TPSA) is 26.3 Å². The fraction of sp³-hybridized carbons (Fsp3) is 0.938. The van der Waals surface area contributed by atoms with Gasteiger partial charge in [0.05, 0.1) is 7.11 Å². The summed E-state index contributed by atoms with van der Waals surface area (Å²) in [6, 6.07) is 0. The van der Waals surface area contributed by atoms with Crippen molar-refractivity contribution in [3.63, 3.8) is 0 Å². The van der Waals surface area contributed by atoms with E-state index in [2.05, 4.69) is 23.4 Å². The van der Waals surface area contributed by atoms with Crippen LogP contribution in [0.15, 0.2) is 0 Å². The molecule has 0 aromatic rings. The van der Waals surface area contributed by atoms with Crippen molar-refractivity contribution < 1.29 is 9.53 Å². The van der Waals surface area contributed by atoms with Gasteiger partial charge in [0, 0.05) is 16.9 Å². The van der Waals surface area contributed by atoms with Crippen molar-refractivity contribution in [2.24, 2.45) is 0 Å². The van der Waals surface area contributed by atoms with Gasteiger partial charge in [0.1, 0.15) is 0 Å². The van der Waals surface area contributed by atoms with Crippen LogP contribution in [0.4, 0.5) is 0 Å². The first kappa shape index (κ1) is 16.9. The van der Waals surface area contributed by atoms with Gasteiger partial charge in [-0.3, -0.25) is 4.79 Å². The van der Waals surface area contributed by atoms with E-state index in [0.717, 1.165) is 16.9 Å². The Bertz CT molecular complexity index is 243. The van der Waals surface area contributed by atoms with E-state index >= 15 is 0 Å². The van der Waals surface area contributed by atoms with Crippen LogP contribution in [0.2, 0.25) is 0 Å². The van der Waals surface area contributed by atoms with Crippen molar-refractivity contribution in [2.45, 2.75) is 88.1 Å². The minimum Gasteiger partial charge on any atom is -0.469 e. The molecule has 0 amide bonds. The van der Waals surface area contributed by atoms with E-state index in [1.807, 2.05) is 0 Å². The van der Waals surface area contributed by atoms with E-state index in [4.69, 9.17) is 0 Å². The predicted molar refractivity (Wildman–Crippen MR) is 83.6 cm³/mol. The Balaban J connectivity index is 1.80. The second kappa shape index (κ2) is 10.6. The van der Waals surface area contributed by atoms with Gasteiger partial charge in [0.2, 0.25) is 0 Å². The zero-order valence-electron chi connectivity index (χ0n) is 12.7. The molecular formula is C16H30O2S. The third-order valence-corrected chi connectivity index (χ3v) is 5.39. The van der Waals surface area contributed by atoms with Gasteiger partial charge < -0.3 is 4.74 Å². The Labute approximate surface area is 123 Å². The highest BCUT2D eigenvalue weighted by molar-refractivity contribution is 8.07. The van der Waals surface area contributed by atoms with E-state index in [-0.39, 0.29) is 5.97 Å². The van der Waals surface area contributed by atoms with Gasteiger partial charge in [0.25, 0.3) is 0 Å². The zero-order chi connectivity index (χ0) is 13.9. The molecular weight excluding hydrogens is 256 g/mol. The summed E-state index contributed by atoms with van der Waals surface area (Å²) in [6.07, 6.45) is 13.8. The van der Waals surface area contributed by atoms with Gasteiger partial charge in [-0.05, 0) is 19.3 Å². The fourth-order valence-corrected chi connectivity index (χ4v) is 3.77. The molecule has 0 spiro atoms. The molecule has 0 aliphatic carbocycles. The van der Waals surface area contributed by atoms with E-state index < -0.39 is 0 Å². The maximum atomic E-state index is 10.9. The molecule has 0 radical (unpaired) electrons. The number of hydrogen-bond donors (Lipinski definition) is 0. The highest BCUT2D eigenvalue weighted by Crippen LogP contribution is 2.47. The largest absolute Gasteiger partial charge is 0.469 e. The smallest absolute Gasteiger partial charge is 0.305 e. The molecule has 2 unspecified atom stereocenters. The van der Waals surface area contributed by atoms with Gasteiger partial charge in [-0.1, -0.05) is 51.9 Å². The van der Waals surface area contributed by atoms with Crippen molar-refractivity contribution in [1.29, 1.82) is 0 Å². The van der Waals surface area contributed by atoms with Crippen molar-refractivity contribution in [1.82, 2.24) is 0 Å². The minimum atomic E-state index is -0.0649. The number of rotatable bonds is 12. The molecule has 1 saturated heterocycles. The third kappa shape index (κ3) is 8.56. The van der Waals surface area contributed by atoms with Crippen LogP contribution in [0.3, 0.4) is 0 Å². The minimum absolute atomic E-state index is 0.0649. The summed E-state index contributed by atoms with van der Waals surface area (Å²) in [5.41, 5.74) is 0. The average Bonchev–Trinajstić information content (AvgIpc) is 3.17. The number of thioether (sulfide) groups is 1. The molecule has 19 heavy (non-hydrogen) atoms. The SMILES string of the molecule is CCCCCCC1SC1CCCCCCC(=O)OC. The van der Waals surface area contributed by atoms with Gasteiger partial charge >= 0.3 is 5.97 Å². The maximum Gasteiger partial charge on any atom is 0.305 e. The standard InChI is InChI=1S/C16H30O2S/c1-3-4-5-8-11-14-15(19-14)12-9-6-7-10-13-16(17)18-2/h14-15H,3-13H2,1-2H3. The lowest BCUT2D eigenvalue weighted by Gasteiger charge is -2.01. The van der Waals surface area contributed by atoms with Gasteiger partial charge in [-0.2, -0.15) is 11.8 Å². The van der Waals surface area contributed by atoms with Crippen LogP contribution in [0, 0.1) is 0 Å². The highest BCUT2D eigenvalue weighted by atomic mass is 32.2. The number of carbonyl (C=O) groups is 1. The van der Waals surface area contributed by atoms with E-state index in [1.165, 1.54) is 64.9 Å². The quantitative estimate of drug-likeness (QED) is 0.288. The summed E-state index contributed by atoms with van der Waals surface area (Å²) in [5, 5.41) is 1.94. The summed E-state index contributed by atoms with van der Waals surface area (Å²) < 4.78 is 4.63. The van der Waals surface area contributed by atoms with E-state index in [9.17, 15) is 4.79 Å². The molecule has 1 fully saturated rings. The Morgan fingerprint density at radius 2 is 1.53 bits per heavy atom. The summed E-state index contributed by atoms with van der Waals surface area (Å²) in [4.78, 5) is 10.9. The Kier molecular flexibility index (Phi) is 9.40. The van der Waals surface area contributed by atoms with Crippen molar-refractivity contribution >= 4 is 17.7 Å². The molecule has 0 aromatic heterocycles. The highest BCUT2D eigenvalue weighted by Gasteiger charge is 2.36. The van der Waals surface area contributed by atoms with Crippen LogP contribution < -0.4 is 0 Å². The second-order valence-electron chi connectivity index (χ2n) is 5.59.